The molecule has 0 radical (unpaired) electrons. The van der Waals surface area contributed by atoms with Crippen molar-refractivity contribution in [1.29, 1.82) is 0 Å². The van der Waals surface area contributed by atoms with Gasteiger partial charge in [-0.05, 0) is 25.2 Å². The highest BCUT2D eigenvalue weighted by molar-refractivity contribution is 7.14. The topological polar surface area (TPSA) is 53.5 Å². The maximum atomic E-state index is 12.4. The summed E-state index contributed by atoms with van der Waals surface area (Å²) in [6.45, 7) is 4.70. The minimum atomic E-state index is 0.147. The number of hydrogen-bond donors (Lipinski definition) is 0. The van der Waals surface area contributed by atoms with Gasteiger partial charge in [-0.15, -0.1) is 11.3 Å². The minimum Gasteiger partial charge on any atom is -0.342 e. The fourth-order valence-corrected chi connectivity index (χ4v) is 4.11. The number of likely N-dealkylation sites (tertiary alicyclic amines) is 1. The molecule has 3 rings (SSSR count). The Labute approximate surface area is 135 Å². The zero-order valence-corrected chi connectivity index (χ0v) is 13.9. The van der Waals surface area contributed by atoms with Crippen molar-refractivity contribution in [1.82, 2.24) is 9.88 Å². The Hall–Kier alpha value is -1.43. The second-order valence-electron chi connectivity index (χ2n) is 6.20. The number of anilines is 1. The summed E-state index contributed by atoms with van der Waals surface area (Å²) in [5.74, 6) is 0.961. The second kappa shape index (κ2) is 6.77. The maximum Gasteiger partial charge on any atom is 0.228 e. The largest absolute Gasteiger partial charge is 0.342 e. The Balaban J connectivity index is 1.60. The lowest BCUT2D eigenvalue weighted by Gasteiger charge is -2.32. The quantitative estimate of drug-likeness (QED) is 0.856. The molecule has 0 spiro atoms. The molecule has 2 aliphatic rings. The molecule has 120 valence electrons. The summed E-state index contributed by atoms with van der Waals surface area (Å²) in [7, 11) is 0. The normalized spacial score (nSPS) is 22.4. The lowest BCUT2D eigenvalue weighted by Crippen LogP contribution is -2.40. The summed E-state index contributed by atoms with van der Waals surface area (Å²) < 4.78 is 0. The SMILES string of the molecule is CCC1CCCN(C(=O)Cc2csc(N3CCCC3=O)n2)C1. The Morgan fingerprint density at radius 1 is 1.41 bits per heavy atom. The van der Waals surface area contributed by atoms with Crippen LogP contribution in [0.1, 0.15) is 44.7 Å². The van der Waals surface area contributed by atoms with Crippen molar-refractivity contribution in [3.8, 4) is 0 Å². The van der Waals surface area contributed by atoms with Crippen LogP contribution < -0.4 is 4.90 Å². The summed E-state index contributed by atoms with van der Waals surface area (Å²) >= 11 is 1.47. The van der Waals surface area contributed by atoms with Gasteiger partial charge in [0.25, 0.3) is 0 Å². The number of thiazole rings is 1. The number of nitrogens with zero attached hydrogens (tertiary/aromatic N) is 3. The monoisotopic (exact) mass is 321 g/mol. The second-order valence-corrected chi connectivity index (χ2v) is 7.04. The van der Waals surface area contributed by atoms with Crippen molar-refractivity contribution in [2.75, 3.05) is 24.5 Å². The maximum absolute atomic E-state index is 12.4. The third-order valence-corrected chi connectivity index (χ3v) is 5.54. The third-order valence-electron chi connectivity index (χ3n) is 4.63. The van der Waals surface area contributed by atoms with Crippen molar-refractivity contribution in [3.63, 3.8) is 0 Å². The van der Waals surface area contributed by atoms with Crippen LogP contribution in [0.3, 0.4) is 0 Å². The fraction of sp³-hybridized carbons (Fsp3) is 0.688. The van der Waals surface area contributed by atoms with E-state index in [2.05, 4.69) is 11.9 Å². The average molecular weight is 321 g/mol. The molecule has 6 heteroatoms. The highest BCUT2D eigenvalue weighted by atomic mass is 32.1. The summed E-state index contributed by atoms with van der Waals surface area (Å²) in [6.07, 6.45) is 5.35. The van der Waals surface area contributed by atoms with Gasteiger partial charge in [-0.2, -0.15) is 0 Å². The molecule has 0 aromatic carbocycles. The van der Waals surface area contributed by atoms with E-state index in [0.29, 0.717) is 18.8 Å². The van der Waals surface area contributed by atoms with Gasteiger partial charge in [0.1, 0.15) is 0 Å². The Morgan fingerprint density at radius 3 is 3.00 bits per heavy atom. The molecule has 5 nitrogen and oxygen atoms in total. The van der Waals surface area contributed by atoms with E-state index in [4.69, 9.17) is 0 Å². The Morgan fingerprint density at radius 2 is 2.27 bits per heavy atom. The Kier molecular flexibility index (Phi) is 4.76. The van der Waals surface area contributed by atoms with Gasteiger partial charge in [0.05, 0.1) is 12.1 Å². The lowest BCUT2D eigenvalue weighted by atomic mass is 9.95. The third kappa shape index (κ3) is 3.32. The average Bonchev–Trinajstić information content (AvgIpc) is 3.16. The zero-order valence-electron chi connectivity index (χ0n) is 13.1. The zero-order chi connectivity index (χ0) is 15.5. The molecule has 0 aliphatic carbocycles. The molecule has 0 bridgehead atoms. The molecule has 1 unspecified atom stereocenters. The van der Waals surface area contributed by atoms with E-state index in [1.54, 1.807) is 4.90 Å². The van der Waals surface area contributed by atoms with E-state index in [1.165, 1.54) is 17.8 Å². The molecule has 0 N–H and O–H groups in total. The number of piperidine rings is 1. The van der Waals surface area contributed by atoms with Gasteiger partial charge < -0.3 is 4.90 Å². The van der Waals surface area contributed by atoms with Gasteiger partial charge in [0, 0.05) is 31.4 Å². The molecule has 1 atom stereocenters. The van der Waals surface area contributed by atoms with Crippen molar-refractivity contribution in [3.05, 3.63) is 11.1 Å². The van der Waals surface area contributed by atoms with E-state index in [9.17, 15) is 9.59 Å². The van der Waals surface area contributed by atoms with E-state index in [1.807, 2.05) is 10.3 Å². The van der Waals surface area contributed by atoms with Crippen LogP contribution in [0.15, 0.2) is 5.38 Å². The highest BCUT2D eigenvalue weighted by Crippen LogP contribution is 2.26. The number of rotatable bonds is 4. The molecule has 2 saturated heterocycles. The molecular formula is C16H23N3O2S. The molecule has 2 fully saturated rings. The van der Waals surface area contributed by atoms with Crippen LogP contribution in [-0.4, -0.2) is 41.3 Å². The van der Waals surface area contributed by atoms with Gasteiger partial charge in [-0.1, -0.05) is 13.3 Å². The van der Waals surface area contributed by atoms with E-state index < -0.39 is 0 Å². The number of hydrogen-bond acceptors (Lipinski definition) is 4. The van der Waals surface area contributed by atoms with Crippen LogP contribution in [0.4, 0.5) is 5.13 Å². The first-order valence-corrected chi connectivity index (χ1v) is 9.08. The number of amides is 2. The first-order chi connectivity index (χ1) is 10.7. The van der Waals surface area contributed by atoms with Crippen LogP contribution in [0.2, 0.25) is 0 Å². The number of carbonyl (C=O) groups excluding carboxylic acids is 2. The fourth-order valence-electron chi connectivity index (χ4n) is 3.24. The smallest absolute Gasteiger partial charge is 0.228 e. The van der Waals surface area contributed by atoms with E-state index in [-0.39, 0.29) is 11.8 Å². The van der Waals surface area contributed by atoms with E-state index >= 15 is 0 Å². The molecule has 2 aliphatic heterocycles. The molecule has 1 aromatic heterocycles. The van der Waals surface area contributed by atoms with Crippen LogP contribution in [0, 0.1) is 5.92 Å². The van der Waals surface area contributed by atoms with Gasteiger partial charge in [0.15, 0.2) is 5.13 Å². The van der Waals surface area contributed by atoms with Crippen LogP contribution in [0.5, 0.6) is 0 Å². The van der Waals surface area contributed by atoms with Crippen molar-refractivity contribution in [2.24, 2.45) is 5.92 Å². The Bertz CT molecular complexity index is 557. The highest BCUT2D eigenvalue weighted by Gasteiger charge is 2.26. The van der Waals surface area contributed by atoms with Crippen LogP contribution >= 0.6 is 11.3 Å². The van der Waals surface area contributed by atoms with Gasteiger partial charge in [-0.25, -0.2) is 4.98 Å². The first-order valence-electron chi connectivity index (χ1n) is 8.20. The minimum absolute atomic E-state index is 0.147. The molecular weight excluding hydrogens is 298 g/mol. The van der Waals surface area contributed by atoms with Crippen LogP contribution in [-0.2, 0) is 16.0 Å². The molecule has 1 aromatic rings. The first kappa shape index (κ1) is 15.5. The standard InChI is InChI=1S/C16H23N3O2S/c1-2-12-5-3-7-18(10-12)15(21)9-13-11-22-16(17-13)19-8-4-6-14(19)20/h11-12H,2-10H2,1H3. The summed E-state index contributed by atoms with van der Waals surface area (Å²) in [6, 6.07) is 0. The molecule has 2 amide bonds. The molecule has 0 saturated carbocycles. The lowest BCUT2D eigenvalue weighted by molar-refractivity contribution is -0.132. The summed E-state index contributed by atoms with van der Waals surface area (Å²) in [5.41, 5.74) is 0.795. The van der Waals surface area contributed by atoms with E-state index in [0.717, 1.165) is 49.7 Å². The predicted molar refractivity (Wildman–Crippen MR) is 87.0 cm³/mol. The van der Waals surface area contributed by atoms with Crippen molar-refractivity contribution in [2.45, 2.75) is 45.4 Å². The molecule has 22 heavy (non-hydrogen) atoms. The number of aromatic nitrogens is 1. The van der Waals surface area contributed by atoms with Gasteiger partial charge >= 0.3 is 0 Å². The summed E-state index contributed by atoms with van der Waals surface area (Å²) in [4.78, 5) is 32.4. The van der Waals surface area contributed by atoms with Crippen molar-refractivity contribution < 1.29 is 9.59 Å². The summed E-state index contributed by atoms with van der Waals surface area (Å²) in [5, 5.41) is 2.66. The number of carbonyl (C=O) groups is 2. The van der Waals surface area contributed by atoms with Crippen molar-refractivity contribution >= 4 is 28.3 Å². The molecule has 3 heterocycles. The predicted octanol–water partition coefficient (Wildman–Crippen LogP) is 2.46. The van der Waals surface area contributed by atoms with Gasteiger partial charge in [-0.3, -0.25) is 14.5 Å². The van der Waals surface area contributed by atoms with Gasteiger partial charge in [0.2, 0.25) is 11.8 Å². The van der Waals surface area contributed by atoms with Crippen LogP contribution in [0.25, 0.3) is 0 Å².